The second-order valence-electron chi connectivity index (χ2n) is 5.33. The summed E-state index contributed by atoms with van der Waals surface area (Å²) in [5, 5.41) is 17.1. The van der Waals surface area contributed by atoms with Crippen LogP contribution in [0.5, 0.6) is 11.5 Å². The van der Waals surface area contributed by atoms with Crippen molar-refractivity contribution in [2.75, 3.05) is 20.2 Å². The number of hydrogen-bond acceptors (Lipinski definition) is 4. The third-order valence-electron chi connectivity index (χ3n) is 3.55. The molecule has 2 rings (SSSR count). The lowest BCUT2D eigenvalue weighted by molar-refractivity contribution is 0.370. The van der Waals surface area contributed by atoms with E-state index in [1.165, 1.54) is 7.11 Å². The number of halogens is 2. The molecule has 142 valence electrons. The summed E-state index contributed by atoms with van der Waals surface area (Å²) in [5.74, 6) is 1.25. The number of ether oxygens (including phenoxy) is 1. The number of phenols is 1. The summed E-state index contributed by atoms with van der Waals surface area (Å²) in [5.41, 5.74) is 1.80. The highest BCUT2D eigenvalue weighted by molar-refractivity contribution is 14.0. The Balaban J connectivity index is 0.00000338. The number of para-hydroxylation sites is 1. The Labute approximate surface area is 176 Å². The molecule has 0 unspecified atom stereocenters. The minimum Gasteiger partial charge on any atom is -0.504 e. The Morgan fingerprint density at radius 1 is 1.27 bits per heavy atom. The van der Waals surface area contributed by atoms with Gasteiger partial charge in [0.05, 0.1) is 13.7 Å². The van der Waals surface area contributed by atoms with Crippen molar-refractivity contribution in [2.24, 2.45) is 4.99 Å². The first-order valence-corrected chi connectivity index (χ1v) is 8.49. The van der Waals surface area contributed by atoms with E-state index in [0.717, 1.165) is 18.5 Å². The van der Waals surface area contributed by atoms with E-state index < -0.39 is 0 Å². The van der Waals surface area contributed by atoms with Gasteiger partial charge in [0.2, 0.25) is 0 Å². The smallest absolute Gasteiger partial charge is 0.191 e. The fraction of sp³-hybridized carbons (Fsp3) is 0.333. The molecule has 0 saturated carbocycles. The summed E-state index contributed by atoms with van der Waals surface area (Å²) in [6, 6.07) is 9.10. The zero-order valence-electron chi connectivity index (χ0n) is 14.8. The first-order chi connectivity index (χ1) is 12.1. The van der Waals surface area contributed by atoms with Gasteiger partial charge in [-0.25, -0.2) is 9.98 Å². The maximum absolute atomic E-state index is 10.1. The molecule has 26 heavy (non-hydrogen) atoms. The van der Waals surface area contributed by atoms with Crippen LogP contribution >= 0.6 is 35.6 Å². The predicted octanol–water partition coefficient (Wildman–Crippen LogP) is 3.37. The van der Waals surface area contributed by atoms with Crippen LogP contribution in [-0.4, -0.2) is 36.2 Å². The van der Waals surface area contributed by atoms with Crippen molar-refractivity contribution in [2.45, 2.75) is 19.9 Å². The fourth-order valence-corrected chi connectivity index (χ4v) is 2.36. The first kappa shape index (κ1) is 22.3. The largest absolute Gasteiger partial charge is 0.504 e. The third-order valence-corrected chi connectivity index (χ3v) is 3.77. The Bertz CT molecular complexity index is 711. The molecular formula is C18H24ClIN4O2. The van der Waals surface area contributed by atoms with Crippen LogP contribution in [-0.2, 0) is 13.0 Å². The minimum atomic E-state index is 0. The van der Waals surface area contributed by atoms with Gasteiger partial charge < -0.3 is 20.5 Å². The van der Waals surface area contributed by atoms with Crippen molar-refractivity contribution in [3.63, 3.8) is 0 Å². The van der Waals surface area contributed by atoms with Gasteiger partial charge in [-0.2, -0.15) is 0 Å². The highest BCUT2D eigenvalue weighted by Gasteiger charge is 2.07. The molecule has 0 aliphatic carbocycles. The van der Waals surface area contributed by atoms with Crippen LogP contribution in [0, 0.1) is 0 Å². The van der Waals surface area contributed by atoms with Crippen LogP contribution < -0.4 is 15.4 Å². The molecule has 2 aromatic rings. The highest BCUT2D eigenvalue weighted by Crippen LogP contribution is 2.29. The first-order valence-electron chi connectivity index (χ1n) is 8.11. The van der Waals surface area contributed by atoms with E-state index in [4.69, 9.17) is 16.3 Å². The predicted molar refractivity (Wildman–Crippen MR) is 116 cm³/mol. The molecule has 0 saturated heterocycles. The molecule has 0 bridgehead atoms. The van der Waals surface area contributed by atoms with Crippen molar-refractivity contribution in [1.82, 2.24) is 15.6 Å². The maximum Gasteiger partial charge on any atom is 0.191 e. The quantitative estimate of drug-likeness (QED) is 0.240. The number of hydrogen-bond donors (Lipinski definition) is 3. The van der Waals surface area contributed by atoms with Gasteiger partial charge in [-0.15, -0.1) is 24.0 Å². The molecule has 0 radical (unpaired) electrons. The fourth-order valence-electron chi connectivity index (χ4n) is 2.25. The summed E-state index contributed by atoms with van der Waals surface area (Å²) < 4.78 is 5.12. The number of benzene rings is 1. The van der Waals surface area contributed by atoms with Crippen molar-refractivity contribution >= 4 is 41.5 Å². The lowest BCUT2D eigenvalue weighted by Gasteiger charge is -2.12. The number of pyridine rings is 1. The Hall–Kier alpha value is -1.74. The molecule has 8 heteroatoms. The van der Waals surface area contributed by atoms with E-state index >= 15 is 0 Å². The molecule has 1 aromatic carbocycles. The summed E-state index contributed by atoms with van der Waals surface area (Å²) in [6.07, 6.45) is 2.57. The molecule has 6 nitrogen and oxygen atoms in total. The number of nitrogens with one attached hydrogen (secondary N) is 2. The summed E-state index contributed by atoms with van der Waals surface area (Å²) in [7, 11) is 1.53. The maximum atomic E-state index is 10.1. The summed E-state index contributed by atoms with van der Waals surface area (Å²) in [6.45, 7) is 3.81. The molecule has 0 atom stereocenters. The molecule has 1 aromatic heterocycles. The number of aromatic hydroxyl groups is 1. The van der Waals surface area contributed by atoms with Gasteiger partial charge in [-0.05, 0) is 31.0 Å². The number of rotatable bonds is 7. The normalized spacial score (nSPS) is 10.8. The van der Waals surface area contributed by atoms with E-state index in [2.05, 4.69) is 20.6 Å². The summed E-state index contributed by atoms with van der Waals surface area (Å²) >= 11 is 5.79. The second kappa shape index (κ2) is 11.8. The topological polar surface area (TPSA) is 78.8 Å². The van der Waals surface area contributed by atoms with Gasteiger partial charge in [0, 0.05) is 24.8 Å². The molecule has 0 spiro atoms. The molecule has 0 aliphatic rings. The number of guanidine groups is 1. The second-order valence-corrected chi connectivity index (χ2v) is 5.72. The van der Waals surface area contributed by atoms with Gasteiger partial charge in [-0.3, -0.25) is 0 Å². The van der Waals surface area contributed by atoms with Crippen LogP contribution in [0.15, 0.2) is 41.5 Å². The van der Waals surface area contributed by atoms with Gasteiger partial charge >= 0.3 is 0 Å². The van der Waals surface area contributed by atoms with Crippen molar-refractivity contribution in [3.05, 3.63) is 52.8 Å². The van der Waals surface area contributed by atoms with Crippen LogP contribution in [0.1, 0.15) is 18.1 Å². The van der Waals surface area contributed by atoms with Gasteiger partial charge in [0.25, 0.3) is 0 Å². The number of nitrogens with zero attached hydrogens (tertiary/aromatic N) is 2. The van der Waals surface area contributed by atoms with Crippen molar-refractivity contribution < 1.29 is 9.84 Å². The SMILES string of the molecule is CCNC(=NCc1cccc(OC)c1O)NCCc1ccc(Cl)nc1.I. The van der Waals surface area contributed by atoms with E-state index in [9.17, 15) is 5.11 Å². The minimum absolute atomic E-state index is 0. The van der Waals surface area contributed by atoms with Crippen LogP contribution in [0.4, 0.5) is 0 Å². The molecular weight excluding hydrogens is 467 g/mol. The average molecular weight is 491 g/mol. The van der Waals surface area contributed by atoms with Crippen LogP contribution in [0.25, 0.3) is 0 Å². The van der Waals surface area contributed by atoms with Gasteiger partial charge in [0.1, 0.15) is 5.15 Å². The Morgan fingerprint density at radius 3 is 2.73 bits per heavy atom. The van der Waals surface area contributed by atoms with E-state index in [1.54, 1.807) is 18.3 Å². The van der Waals surface area contributed by atoms with Gasteiger partial charge in [-0.1, -0.05) is 29.8 Å². The van der Waals surface area contributed by atoms with E-state index in [0.29, 0.717) is 35.5 Å². The number of methoxy groups -OCH3 is 1. The third kappa shape index (κ3) is 6.87. The molecule has 3 N–H and O–H groups in total. The molecule has 0 amide bonds. The zero-order chi connectivity index (χ0) is 18.1. The Kier molecular flexibility index (Phi) is 10.1. The van der Waals surface area contributed by atoms with Crippen molar-refractivity contribution in [1.29, 1.82) is 0 Å². The van der Waals surface area contributed by atoms with Gasteiger partial charge in [0.15, 0.2) is 17.5 Å². The highest BCUT2D eigenvalue weighted by atomic mass is 127. The lowest BCUT2D eigenvalue weighted by atomic mass is 10.2. The number of aliphatic imine (C=N–C) groups is 1. The van der Waals surface area contributed by atoms with Crippen molar-refractivity contribution in [3.8, 4) is 11.5 Å². The van der Waals surface area contributed by atoms with E-state index in [1.807, 2.05) is 25.1 Å². The van der Waals surface area contributed by atoms with Crippen LogP contribution in [0.3, 0.4) is 0 Å². The lowest BCUT2D eigenvalue weighted by Crippen LogP contribution is -2.38. The average Bonchev–Trinajstić information content (AvgIpc) is 2.62. The monoisotopic (exact) mass is 490 g/mol. The number of aromatic nitrogens is 1. The van der Waals surface area contributed by atoms with E-state index in [-0.39, 0.29) is 29.7 Å². The van der Waals surface area contributed by atoms with Crippen LogP contribution in [0.2, 0.25) is 5.15 Å². The Morgan fingerprint density at radius 2 is 2.08 bits per heavy atom. The molecule has 1 heterocycles. The molecule has 0 aliphatic heterocycles. The zero-order valence-corrected chi connectivity index (χ0v) is 17.9. The molecule has 0 fully saturated rings. The number of phenolic OH excluding ortho intramolecular Hbond substituents is 1. The standard InChI is InChI=1S/C18H23ClN4O2.HI/c1-3-20-18(21-10-9-13-7-8-16(19)22-11-13)23-12-14-5-4-6-15(25-2)17(14)24;/h4-8,11,24H,3,9-10,12H2,1-2H3,(H2,20,21,23);1H. The summed E-state index contributed by atoms with van der Waals surface area (Å²) in [4.78, 5) is 8.57.